The molecular weight excluding hydrogens is 324 g/mol. The molecule has 2 rings (SSSR count). The van der Waals surface area contributed by atoms with Gasteiger partial charge in [0.2, 0.25) is 0 Å². The summed E-state index contributed by atoms with van der Waals surface area (Å²) < 4.78 is 5.11. The van der Waals surface area contributed by atoms with Crippen molar-refractivity contribution in [3.05, 3.63) is 65.2 Å². The molecule has 0 aromatic heterocycles. The zero-order chi connectivity index (χ0) is 18.4. The molecule has 2 N–H and O–H groups in total. The van der Waals surface area contributed by atoms with Crippen LogP contribution >= 0.6 is 0 Å². The first-order valence-electron chi connectivity index (χ1n) is 7.45. The number of carboxylic acids is 1. The lowest BCUT2D eigenvalue weighted by Gasteiger charge is -2.14. The summed E-state index contributed by atoms with van der Waals surface area (Å²) in [6.45, 7) is -0.0183. The van der Waals surface area contributed by atoms with Gasteiger partial charge in [0.05, 0.1) is 16.8 Å². The van der Waals surface area contributed by atoms with Crippen LogP contribution in [0.4, 0.5) is 10.5 Å². The molecule has 2 amide bonds. The van der Waals surface area contributed by atoms with Gasteiger partial charge in [-0.3, -0.25) is 10.1 Å². The number of nitrogens with zero attached hydrogens (tertiary/aromatic N) is 1. The minimum Gasteiger partial charge on any atom is -0.478 e. The Kier molecular flexibility index (Phi) is 5.73. The van der Waals surface area contributed by atoms with Crippen LogP contribution in [0, 0.1) is 0 Å². The molecule has 0 aliphatic heterocycles. The van der Waals surface area contributed by atoms with Crippen LogP contribution < -0.4 is 5.32 Å². The van der Waals surface area contributed by atoms with Gasteiger partial charge in [-0.05, 0) is 29.8 Å². The van der Waals surface area contributed by atoms with Gasteiger partial charge in [-0.2, -0.15) is 0 Å². The summed E-state index contributed by atoms with van der Waals surface area (Å²) in [6, 6.07) is 12.6. The predicted molar refractivity (Wildman–Crippen MR) is 91.7 cm³/mol. The molecule has 0 saturated heterocycles. The summed E-state index contributed by atoms with van der Waals surface area (Å²) in [4.78, 5) is 36.3. The maximum Gasteiger partial charge on any atom is 0.411 e. The van der Waals surface area contributed by atoms with Crippen LogP contribution in [0.2, 0.25) is 0 Å². The summed E-state index contributed by atoms with van der Waals surface area (Å²) in [5, 5.41) is 11.4. The second-order valence-corrected chi connectivity index (χ2v) is 5.45. The van der Waals surface area contributed by atoms with Crippen molar-refractivity contribution >= 4 is 23.7 Å². The van der Waals surface area contributed by atoms with Crippen LogP contribution in [0.15, 0.2) is 48.5 Å². The fourth-order valence-electron chi connectivity index (χ4n) is 2.06. The molecule has 0 aliphatic rings. The normalized spacial score (nSPS) is 10.0. The zero-order valence-electron chi connectivity index (χ0n) is 13.9. The maximum absolute atomic E-state index is 12.1. The highest BCUT2D eigenvalue weighted by molar-refractivity contribution is 6.02. The van der Waals surface area contributed by atoms with Gasteiger partial charge in [-0.15, -0.1) is 0 Å². The molecule has 0 heterocycles. The van der Waals surface area contributed by atoms with Gasteiger partial charge in [0, 0.05) is 14.1 Å². The Labute approximate surface area is 144 Å². The van der Waals surface area contributed by atoms with E-state index >= 15 is 0 Å². The number of ether oxygens (including phenoxy) is 1. The molecule has 25 heavy (non-hydrogen) atoms. The number of benzene rings is 2. The van der Waals surface area contributed by atoms with Gasteiger partial charge < -0.3 is 14.7 Å². The third-order valence-electron chi connectivity index (χ3n) is 3.37. The number of hydrogen-bond donors (Lipinski definition) is 2. The summed E-state index contributed by atoms with van der Waals surface area (Å²) >= 11 is 0. The third-order valence-corrected chi connectivity index (χ3v) is 3.37. The zero-order valence-corrected chi connectivity index (χ0v) is 13.9. The van der Waals surface area contributed by atoms with Gasteiger partial charge in [0.25, 0.3) is 5.91 Å². The quantitative estimate of drug-likeness (QED) is 0.871. The molecule has 0 bridgehead atoms. The van der Waals surface area contributed by atoms with E-state index in [0.29, 0.717) is 16.8 Å². The number of carbonyl (C=O) groups excluding carboxylic acids is 2. The number of hydrogen-bond acceptors (Lipinski definition) is 4. The number of anilines is 1. The Hall–Kier alpha value is -3.35. The molecule has 7 heteroatoms. The number of carbonyl (C=O) groups is 3. The SMILES string of the molecule is CN(C)C(=O)c1ccccc1NC(=O)OCc1ccc(C(=O)O)cc1. The smallest absolute Gasteiger partial charge is 0.411 e. The van der Waals surface area contributed by atoms with E-state index in [-0.39, 0.29) is 18.1 Å². The molecular formula is C18H18N2O5. The first-order valence-corrected chi connectivity index (χ1v) is 7.45. The Morgan fingerprint density at radius 1 is 1.04 bits per heavy atom. The fraction of sp³-hybridized carbons (Fsp3) is 0.167. The average Bonchev–Trinajstić information content (AvgIpc) is 2.60. The van der Waals surface area contributed by atoms with E-state index < -0.39 is 12.1 Å². The Balaban J connectivity index is 1.99. The second-order valence-electron chi connectivity index (χ2n) is 5.45. The van der Waals surface area contributed by atoms with Gasteiger partial charge >= 0.3 is 12.1 Å². The molecule has 0 radical (unpaired) electrons. The van der Waals surface area contributed by atoms with Crippen LogP contribution in [0.1, 0.15) is 26.3 Å². The molecule has 130 valence electrons. The third kappa shape index (κ3) is 4.81. The van der Waals surface area contributed by atoms with Gasteiger partial charge in [-0.25, -0.2) is 9.59 Å². The van der Waals surface area contributed by atoms with Crippen LogP contribution in [-0.4, -0.2) is 42.1 Å². The van der Waals surface area contributed by atoms with Crippen LogP contribution in [0.25, 0.3) is 0 Å². The van der Waals surface area contributed by atoms with E-state index in [9.17, 15) is 14.4 Å². The van der Waals surface area contributed by atoms with Crippen LogP contribution in [0.5, 0.6) is 0 Å². The van der Waals surface area contributed by atoms with E-state index in [4.69, 9.17) is 9.84 Å². The van der Waals surface area contributed by atoms with Gasteiger partial charge in [0.15, 0.2) is 0 Å². The lowest BCUT2D eigenvalue weighted by Crippen LogP contribution is -2.24. The van der Waals surface area contributed by atoms with E-state index in [1.165, 1.54) is 17.0 Å². The minimum absolute atomic E-state index is 0.0183. The second kappa shape index (κ2) is 7.96. The van der Waals surface area contributed by atoms with Crippen molar-refractivity contribution in [2.45, 2.75) is 6.61 Å². The number of nitrogens with one attached hydrogen (secondary N) is 1. The summed E-state index contributed by atoms with van der Waals surface area (Å²) in [5.41, 5.74) is 1.52. The highest BCUT2D eigenvalue weighted by Gasteiger charge is 2.15. The average molecular weight is 342 g/mol. The number of para-hydroxylation sites is 1. The minimum atomic E-state index is -1.02. The summed E-state index contributed by atoms with van der Waals surface area (Å²) in [6.07, 6.45) is -0.707. The fourth-order valence-corrected chi connectivity index (χ4v) is 2.06. The molecule has 0 fully saturated rings. The lowest BCUT2D eigenvalue weighted by molar-refractivity contribution is 0.0696. The molecule has 2 aromatic carbocycles. The molecule has 0 atom stereocenters. The summed E-state index contributed by atoms with van der Waals surface area (Å²) in [5.74, 6) is -1.26. The Bertz CT molecular complexity index is 784. The molecule has 0 spiro atoms. The predicted octanol–water partition coefficient (Wildman–Crippen LogP) is 2.84. The number of rotatable bonds is 5. The van der Waals surface area contributed by atoms with Crippen LogP contribution in [0.3, 0.4) is 0 Å². The molecule has 2 aromatic rings. The highest BCUT2D eigenvalue weighted by atomic mass is 16.5. The van der Waals surface area contributed by atoms with E-state index in [0.717, 1.165) is 0 Å². The van der Waals surface area contributed by atoms with Crippen LogP contribution in [-0.2, 0) is 11.3 Å². The Morgan fingerprint density at radius 2 is 1.68 bits per heavy atom. The largest absolute Gasteiger partial charge is 0.478 e. The molecule has 7 nitrogen and oxygen atoms in total. The molecule has 0 aliphatic carbocycles. The maximum atomic E-state index is 12.1. The number of amides is 2. The van der Waals surface area contributed by atoms with Crippen molar-refractivity contribution in [2.24, 2.45) is 0 Å². The number of carboxylic acid groups (broad SMARTS) is 1. The van der Waals surface area contributed by atoms with Crippen molar-refractivity contribution in [2.75, 3.05) is 19.4 Å². The molecule has 0 unspecified atom stereocenters. The van der Waals surface area contributed by atoms with E-state index in [1.807, 2.05) is 0 Å². The standard InChI is InChI=1S/C18H18N2O5/c1-20(2)16(21)14-5-3-4-6-15(14)19-18(24)25-11-12-7-9-13(10-8-12)17(22)23/h3-10H,11H2,1-2H3,(H,19,24)(H,22,23). The van der Waals surface area contributed by atoms with Crippen molar-refractivity contribution < 1.29 is 24.2 Å². The van der Waals surface area contributed by atoms with Crippen molar-refractivity contribution in [3.8, 4) is 0 Å². The lowest BCUT2D eigenvalue weighted by atomic mass is 10.1. The van der Waals surface area contributed by atoms with Crippen molar-refractivity contribution in [1.82, 2.24) is 4.90 Å². The molecule has 0 saturated carbocycles. The monoisotopic (exact) mass is 342 g/mol. The van der Waals surface area contributed by atoms with Crippen molar-refractivity contribution in [1.29, 1.82) is 0 Å². The van der Waals surface area contributed by atoms with E-state index in [2.05, 4.69) is 5.32 Å². The number of aromatic carboxylic acids is 1. The van der Waals surface area contributed by atoms with Gasteiger partial charge in [0.1, 0.15) is 6.61 Å². The topological polar surface area (TPSA) is 95.9 Å². The van der Waals surface area contributed by atoms with E-state index in [1.54, 1.807) is 50.5 Å². The van der Waals surface area contributed by atoms with Crippen molar-refractivity contribution in [3.63, 3.8) is 0 Å². The first kappa shape index (κ1) is 18.0. The van der Waals surface area contributed by atoms with Gasteiger partial charge in [-0.1, -0.05) is 24.3 Å². The first-order chi connectivity index (χ1) is 11.9. The summed E-state index contributed by atoms with van der Waals surface area (Å²) in [7, 11) is 3.25. The Morgan fingerprint density at radius 3 is 2.28 bits per heavy atom. The highest BCUT2D eigenvalue weighted by Crippen LogP contribution is 2.17.